The lowest BCUT2D eigenvalue weighted by Gasteiger charge is -2.26. The molecule has 3 atom stereocenters. The van der Waals surface area contributed by atoms with Crippen LogP contribution in [0.2, 0.25) is 0 Å². The molecular formula is C17H20F4O6. The standard InChI is InChI=1S/C17H20F4O6/c1-2-13(22)25-5-6-26-14(23)16(18,19)9-17(20,21)15(24)27-12-8-10-3-4-11(12)7-10/h2,10-12H,1,3-9H2. The van der Waals surface area contributed by atoms with E-state index in [1.807, 2.05) is 0 Å². The Hall–Kier alpha value is -2.13. The molecule has 0 aromatic heterocycles. The summed E-state index contributed by atoms with van der Waals surface area (Å²) in [6.07, 6.45) is 0.691. The van der Waals surface area contributed by atoms with Gasteiger partial charge in [0.15, 0.2) is 0 Å². The molecule has 2 saturated carbocycles. The summed E-state index contributed by atoms with van der Waals surface area (Å²) in [4.78, 5) is 33.7. The lowest BCUT2D eigenvalue weighted by molar-refractivity contribution is -0.201. The molecule has 2 bridgehead atoms. The van der Waals surface area contributed by atoms with Gasteiger partial charge in [-0.2, -0.15) is 17.6 Å². The largest absolute Gasteiger partial charge is 0.459 e. The zero-order valence-electron chi connectivity index (χ0n) is 14.4. The Morgan fingerprint density at radius 3 is 2.15 bits per heavy atom. The number of carbonyl (C=O) groups is 3. The molecule has 0 N–H and O–H groups in total. The van der Waals surface area contributed by atoms with E-state index in [1.165, 1.54) is 0 Å². The second-order valence-electron chi connectivity index (χ2n) is 6.71. The van der Waals surface area contributed by atoms with Gasteiger partial charge in [-0.05, 0) is 37.5 Å². The number of fused-ring (bicyclic) bond motifs is 2. The van der Waals surface area contributed by atoms with Gasteiger partial charge >= 0.3 is 29.8 Å². The van der Waals surface area contributed by atoms with Crippen LogP contribution in [0.15, 0.2) is 12.7 Å². The Bertz CT molecular complexity index is 606. The normalized spacial score (nSPS) is 24.4. The molecule has 3 unspecified atom stereocenters. The Kier molecular flexibility index (Phi) is 6.48. The van der Waals surface area contributed by atoms with Crippen molar-refractivity contribution in [3.63, 3.8) is 0 Å². The molecule has 2 fully saturated rings. The lowest BCUT2D eigenvalue weighted by atomic mass is 9.97. The van der Waals surface area contributed by atoms with Crippen molar-refractivity contribution in [2.45, 2.75) is 50.1 Å². The maximum atomic E-state index is 13.9. The van der Waals surface area contributed by atoms with E-state index in [4.69, 9.17) is 4.74 Å². The molecule has 0 aromatic rings. The molecule has 0 spiro atoms. The zero-order valence-corrected chi connectivity index (χ0v) is 14.4. The van der Waals surface area contributed by atoms with Crippen LogP contribution in [0.4, 0.5) is 17.6 Å². The quantitative estimate of drug-likeness (QED) is 0.196. The fraction of sp³-hybridized carbons (Fsp3) is 0.706. The number of hydrogen-bond acceptors (Lipinski definition) is 6. The Morgan fingerprint density at radius 2 is 1.59 bits per heavy atom. The van der Waals surface area contributed by atoms with Crippen LogP contribution < -0.4 is 0 Å². The van der Waals surface area contributed by atoms with Crippen LogP contribution in [0, 0.1) is 11.8 Å². The van der Waals surface area contributed by atoms with E-state index in [-0.39, 0.29) is 5.92 Å². The van der Waals surface area contributed by atoms with Gasteiger partial charge in [-0.25, -0.2) is 14.4 Å². The summed E-state index contributed by atoms with van der Waals surface area (Å²) < 4.78 is 68.4. The number of carbonyl (C=O) groups excluding carboxylic acids is 3. The molecule has 2 rings (SSSR count). The fourth-order valence-corrected chi connectivity index (χ4v) is 3.42. The molecule has 0 saturated heterocycles. The highest BCUT2D eigenvalue weighted by Gasteiger charge is 2.56. The first-order chi connectivity index (χ1) is 12.5. The fourth-order valence-electron chi connectivity index (χ4n) is 3.42. The number of hydrogen-bond donors (Lipinski definition) is 0. The predicted molar refractivity (Wildman–Crippen MR) is 82.0 cm³/mol. The van der Waals surface area contributed by atoms with Crippen LogP contribution in [-0.4, -0.2) is 49.1 Å². The molecule has 2 aliphatic rings. The molecule has 10 heteroatoms. The van der Waals surface area contributed by atoms with E-state index in [0.717, 1.165) is 25.3 Å². The molecule has 152 valence electrons. The van der Waals surface area contributed by atoms with Crippen LogP contribution in [0.5, 0.6) is 0 Å². The van der Waals surface area contributed by atoms with Crippen molar-refractivity contribution in [2.75, 3.05) is 13.2 Å². The minimum Gasteiger partial charge on any atom is -0.459 e. The smallest absolute Gasteiger partial charge is 0.377 e. The van der Waals surface area contributed by atoms with Crippen LogP contribution in [-0.2, 0) is 28.6 Å². The van der Waals surface area contributed by atoms with E-state index in [2.05, 4.69) is 16.1 Å². The van der Waals surface area contributed by atoms with E-state index in [1.54, 1.807) is 0 Å². The second kappa shape index (κ2) is 8.26. The molecule has 0 aromatic carbocycles. The number of alkyl halides is 4. The number of rotatable bonds is 9. The third-order valence-corrected chi connectivity index (χ3v) is 4.70. The molecule has 0 radical (unpaired) electrons. The summed E-state index contributed by atoms with van der Waals surface area (Å²) in [5, 5.41) is 0. The molecule has 2 aliphatic carbocycles. The van der Waals surface area contributed by atoms with Gasteiger partial charge in [0.05, 0.1) is 6.42 Å². The second-order valence-corrected chi connectivity index (χ2v) is 6.71. The van der Waals surface area contributed by atoms with Crippen molar-refractivity contribution in [1.29, 1.82) is 0 Å². The maximum Gasteiger partial charge on any atom is 0.377 e. The molecular weight excluding hydrogens is 376 g/mol. The van der Waals surface area contributed by atoms with Crippen molar-refractivity contribution >= 4 is 17.9 Å². The summed E-state index contributed by atoms with van der Waals surface area (Å²) in [5.74, 6) is -14.0. The SMILES string of the molecule is C=CC(=O)OCCOC(=O)C(F)(F)CC(F)(F)C(=O)OC1CC2CCC1C2. The average Bonchev–Trinajstić information content (AvgIpc) is 3.20. The summed E-state index contributed by atoms with van der Waals surface area (Å²) in [6.45, 7) is 1.79. The Labute approximate surface area is 152 Å². The lowest BCUT2D eigenvalue weighted by Crippen LogP contribution is -2.44. The molecule has 0 amide bonds. The van der Waals surface area contributed by atoms with Gasteiger partial charge in [0.2, 0.25) is 0 Å². The first-order valence-electron chi connectivity index (χ1n) is 8.48. The van der Waals surface area contributed by atoms with Gasteiger partial charge in [-0.1, -0.05) is 6.58 Å². The first kappa shape index (κ1) is 21.2. The van der Waals surface area contributed by atoms with Crippen molar-refractivity contribution in [3.05, 3.63) is 12.7 Å². The van der Waals surface area contributed by atoms with Gasteiger partial charge in [-0.15, -0.1) is 0 Å². The predicted octanol–water partition coefficient (Wildman–Crippen LogP) is 2.65. The third-order valence-electron chi connectivity index (χ3n) is 4.70. The van der Waals surface area contributed by atoms with Crippen LogP contribution in [0.1, 0.15) is 32.1 Å². The molecule has 0 aliphatic heterocycles. The highest BCUT2D eigenvalue weighted by atomic mass is 19.3. The van der Waals surface area contributed by atoms with Gasteiger partial charge in [0.1, 0.15) is 19.3 Å². The topological polar surface area (TPSA) is 78.9 Å². The van der Waals surface area contributed by atoms with E-state index in [9.17, 15) is 31.9 Å². The average molecular weight is 396 g/mol. The highest BCUT2D eigenvalue weighted by Crippen LogP contribution is 2.46. The van der Waals surface area contributed by atoms with Crippen molar-refractivity contribution < 1.29 is 46.2 Å². The zero-order chi connectivity index (χ0) is 20.2. The van der Waals surface area contributed by atoms with Crippen molar-refractivity contribution in [2.24, 2.45) is 11.8 Å². The summed E-state index contributed by atoms with van der Waals surface area (Å²) in [6, 6.07) is 0. The van der Waals surface area contributed by atoms with Gasteiger partial charge < -0.3 is 14.2 Å². The highest BCUT2D eigenvalue weighted by molar-refractivity contribution is 5.82. The maximum absolute atomic E-state index is 13.9. The Morgan fingerprint density at radius 1 is 0.963 bits per heavy atom. The first-order valence-corrected chi connectivity index (χ1v) is 8.48. The summed E-state index contributed by atoms with van der Waals surface area (Å²) >= 11 is 0. The molecule has 0 heterocycles. The van der Waals surface area contributed by atoms with Crippen LogP contribution >= 0.6 is 0 Å². The van der Waals surface area contributed by atoms with Crippen molar-refractivity contribution in [1.82, 2.24) is 0 Å². The molecule has 27 heavy (non-hydrogen) atoms. The minimum atomic E-state index is -4.61. The van der Waals surface area contributed by atoms with Gasteiger partial charge in [0, 0.05) is 6.08 Å². The third kappa shape index (κ3) is 5.43. The van der Waals surface area contributed by atoms with Gasteiger partial charge in [-0.3, -0.25) is 0 Å². The molecule has 6 nitrogen and oxygen atoms in total. The van der Waals surface area contributed by atoms with Crippen LogP contribution in [0.3, 0.4) is 0 Å². The monoisotopic (exact) mass is 396 g/mol. The van der Waals surface area contributed by atoms with E-state index in [0.29, 0.717) is 12.3 Å². The van der Waals surface area contributed by atoms with Gasteiger partial charge in [0.25, 0.3) is 0 Å². The number of esters is 3. The number of halogens is 4. The minimum absolute atomic E-state index is 0.0153. The summed E-state index contributed by atoms with van der Waals surface area (Å²) in [7, 11) is 0. The van der Waals surface area contributed by atoms with E-state index < -0.39 is 55.5 Å². The Balaban J connectivity index is 1.82. The van der Waals surface area contributed by atoms with E-state index >= 15 is 0 Å². The number of ether oxygens (including phenoxy) is 3. The van der Waals surface area contributed by atoms with Crippen molar-refractivity contribution in [3.8, 4) is 0 Å². The summed E-state index contributed by atoms with van der Waals surface area (Å²) in [5.41, 5.74) is 0. The van der Waals surface area contributed by atoms with Crippen LogP contribution in [0.25, 0.3) is 0 Å².